The first kappa shape index (κ1) is 12.1. The lowest BCUT2D eigenvalue weighted by Crippen LogP contribution is -2.32. The third-order valence-corrected chi connectivity index (χ3v) is 5.76. The highest BCUT2D eigenvalue weighted by Gasteiger charge is 2.31. The molecule has 2 N–H and O–H groups in total. The van der Waals surface area contributed by atoms with E-state index in [-0.39, 0.29) is 6.04 Å². The van der Waals surface area contributed by atoms with E-state index >= 15 is 0 Å². The van der Waals surface area contributed by atoms with Crippen molar-refractivity contribution in [2.24, 2.45) is 5.73 Å². The van der Waals surface area contributed by atoms with Crippen molar-refractivity contribution in [1.29, 1.82) is 0 Å². The van der Waals surface area contributed by atoms with Crippen molar-refractivity contribution in [2.45, 2.75) is 36.6 Å². The van der Waals surface area contributed by atoms with Crippen LogP contribution in [-0.2, 0) is 22.9 Å². The molecule has 4 nitrogen and oxygen atoms in total. The predicted molar refractivity (Wildman–Crippen MR) is 69.8 cm³/mol. The Morgan fingerprint density at radius 2 is 2.00 bits per heavy atom. The minimum Gasteiger partial charge on any atom is -0.326 e. The van der Waals surface area contributed by atoms with Crippen molar-refractivity contribution in [1.82, 2.24) is 4.31 Å². The molecule has 3 rings (SSSR count). The van der Waals surface area contributed by atoms with Crippen LogP contribution in [0.4, 0.5) is 0 Å². The van der Waals surface area contributed by atoms with E-state index in [1.54, 1.807) is 6.07 Å². The van der Waals surface area contributed by atoms with Gasteiger partial charge in [-0.15, -0.1) is 0 Å². The van der Waals surface area contributed by atoms with E-state index in [2.05, 4.69) is 0 Å². The second-order valence-electron chi connectivity index (χ2n) is 5.20. The van der Waals surface area contributed by atoms with Crippen molar-refractivity contribution in [3.63, 3.8) is 0 Å². The molecule has 5 heteroatoms. The zero-order chi connectivity index (χ0) is 12.8. The van der Waals surface area contributed by atoms with Crippen molar-refractivity contribution in [3.05, 3.63) is 29.3 Å². The summed E-state index contributed by atoms with van der Waals surface area (Å²) in [5, 5.41) is 0. The Hall–Kier alpha value is -0.910. The van der Waals surface area contributed by atoms with Gasteiger partial charge < -0.3 is 5.73 Å². The average Bonchev–Trinajstić information content (AvgIpc) is 2.96. The molecule has 1 atom stereocenters. The number of fused-ring (bicyclic) bond motifs is 1. The van der Waals surface area contributed by atoms with Crippen molar-refractivity contribution in [3.8, 4) is 0 Å². The van der Waals surface area contributed by atoms with Gasteiger partial charge in [0.15, 0.2) is 0 Å². The molecule has 1 aliphatic heterocycles. The highest BCUT2D eigenvalue weighted by Crippen LogP contribution is 2.27. The predicted octanol–water partition coefficient (Wildman–Crippen LogP) is 0.897. The molecule has 0 spiro atoms. The fourth-order valence-electron chi connectivity index (χ4n) is 2.83. The molecule has 18 heavy (non-hydrogen) atoms. The lowest BCUT2D eigenvalue weighted by Gasteiger charge is -2.16. The highest BCUT2D eigenvalue weighted by molar-refractivity contribution is 7.89. The van der Waals surface area contributed by atoms with Gasteiger partial charge in [0.05, 0.1) is 4.90 Å². The van der Waals surface area contributed by atoms with E-state index in [1.807, 2.05) is 12.1 Å². The molecule has 1 heterocycles. The molecule has 0 aromatic heterocycles. The van der Waals surface area contributed by atoms with Gasteiger partial charge in [0.2, 0.25) is 10.0 Å². The van der Waals surface area contributed by atoms with Crippen LogP contribution >= 0.6 is 0 Å². The minimum atomic E-state index is -3.34. The van der Waals surface area contributed by atoms with Gasteiger partial charge in [-0.05, 0) is 48.9 Å². The molecular formula is C13H18N2O2S. The summed E-state index contributed by atoms with van der Waals surface area (Å²) in [5.74, 6) is 0. The standard InChI is InChI=1S/C13H18N2O2S/c14-12-6-7-15(9-12)18(16,17)13-5-4-10-2-1-3-11(10)8-13/h4-5,8,12H,1-3,6-7,9,14H2/t12-/m1/s1. The smallest absolute Gasteiger partial charge is 0.243 e. The van der Waals surface area contributed by atoms with Gasteiger partial charge >= 0.3 is 0 Å². The number of rotatable bonds is 2. The fraction of sp³-hybridized carbons (Fsp3) is 0.538. The fourth-order valence-corrected chi connectivity index (χ4v) is 4.39. The molecule has 0 unspecified atom stereocenters. The Morgan fingerprint density at radius 1 is 1.22 bits per heavy atom. The lowest BCUT2D eigenvalue weighted by atomic mass is 10.1. The Bertz CT molecular complexity index is 568. The van der Waals surface area contributed by atoms with Crippen LogP contribution in [0, 0.1) is 0 Å². The summed E-state index contributed by atoms with van der Waals surface area (Å²) in [5.41, 5.74) is 8.28. The second-order valence-corrected chi connectivity index (χ2v) is 7.13. The monoisotopic (exact) mass is 266 g/mol. The van der Waals surface area contributed by atoms with Crippen LogP contribution in [0.1, 0.15) is 24.0 Å². The molecular weight excluding hydrogens is 248 g/mol. The lowest BCUT2D eigenvalue weighted by molar-refractivity contribution is 0.472. The molecule has 1 saturated heterocycles. The quantitative estimate of drug-likeness (QED) is 0.865. The van der Waals surface area contributed by atoms with Crippen LogP contribution in [0.5, 0.6) is 0 Å². The Labute approximate surface area is 108 Å². The third kappa shape index (κ3) is 1.96. The first-order valence-electron chi connectivity index (χ1n) is 6.45. The Balaban J connectivity index is 1.94. The highest BCUT2D eigenvalue weighted by atomic mass is 32.2. The SMILES string of the molecule is N[C@@H]1CCN(S(=O)(=O)c2ccc3c(c2)CCC3)C1. The van der Waals surface area contributed by atoms with Gasteiger partial charge in [0, 0.05) is 19.1 Å². The molecule has 98 valence electrons. The van der Waals surface area contributed by atoms with E-state index in [9.17, 15) is 8.42 Å². The molecule has 1 aliphatic carbocycles. The molecule has 0 bridgehead atoms. The maximum Gasteiger partial charge on any atom is 0.243 e. The van der Waals surface area contributed by atoms with Crippen molar-refractivity contribution >= 4 is 10.0 Å². The number of aryl methyl sites for hydroxylation is 2. The van der Waals surface area contributed by atoms with E-state index in [1.165, 1.54) is 15.4 Å². The average molecular weight is 266 g/mol. The van der Waals surface area contributed by atoms with E-state index in [0.717, 1.165) is 25.7 Å². The number of hydrogen-bond acceptors (Lipinski definition) is 3. The Kier molecular flexibility index (Phi) is 2.92. The molecule has 1 aromatic carbocycles. The van der Waals surface area contributed by atoms with Crippen LogP contribution in [-0.4, -0.2) is 31.9 Å². The van der Waals surface area contributed by atoms with Gasteiger partial charge in [0.1, 0.15) is 0 Å². The van der Waals surface area contributed by atoms with Crippen molar-refractivity contribution < 1.29 is 8.42 Å². The van der Waals surface area contributed by atoms with Crippen LogP contribution in [0.25, 0.3) is 0 Å². The number of benzene rings is 1. The molecule has 2 aliphatic rings. The van der Waals surface area contributed by atoms with Gasteiger partial charge in [-0.25, -0.2) is 8.42 Å². The zero-order valence-electron chi connectivity index (χ0n) is 10.3. The summed E-state index contributed by atoms with van der Waals surface area (Å²) in [6.07, 6.45) is 3.96. The summed E-state index contributed by atoms with van der Waals surface area (Å²) in [6.45, 7) is 0.986. The summed E-state index contributed by atoms with van der Waals surface area (Å²) in [7, 11) is -3.34. The number of nitrogens with zero attached hydrogens (tertiary/aromatic N) is 1. The van der Waals surface area contributed by atoms with Crippen LogP contribution < -0.4 is 5.73 Å². The minimum absolute atomic E-state index is 0.0193. The van der Waals surface area contributed by atoms with E-state index in [4.69, 9.17) is 5.73 Å². The van der Waals surface area contributed by atoms with Crippen molar-refractivity contribution in [2.75, 3.05) is 13.1 Å². The third-order valence-electron chi connectivity index (χ3n) is 3.90. The van der Waals surface area contributed by atoms with Gasteiger partial charge in [-0.3, -0.25) is 0 Å². The van der Waals surface area contributed by atoms with Crippen LogP contribution in [0.3, 0.4) is 0 Å². The van der Waals surface area contributed by atoms with E-state index < -0.39 is 10.0 Å². The second kappa shape index (κ2) is 4.33. The molecule has 0 amide bonds. The molecule has 1 fully saturated rings. The largest absolute Gasteiger partial charge is 0.326 e. The molecule has 0 saturated carbocycles. The van der Waals surface area contributed by atoms with Crippen LogP contribution in [0.2, 0.25) is 0 Å². The maximum absolute atomic E-state index is 12.5. The van der Waals surface area contributed by atoms with Crippen LogP contribution in [0.15, 0.2) is 23.1 Å². The summed E-state index contributed by atoms with van der Waals surface area (Å²) >= 11 is 0. The number of sulfonamides is 1. The van der Waals surface area contributed by atoms with E-state index in [0.29, 0.717) is 18.0 Å². The van der Waals surface area contributed by atoms with Gasteiger partial charge in [-0.1, -0.05) is 6.07 Å². The topological polar surface area (TPSA) is 63.4 Å². The van der Waals surface area contributed by atoms with Gasteiger partial charge in [0.25, 0.3) is 0 Å². The Morgan fingerprint density at radius 3 is 2.72 bits per heavy atom. The maximum atomic E-state index is 12.5. The molecule has 1 aromatic rings. The zero-order valence-corrected chi connectivity index (χ0v) is 11.1. The summed E-state index contributed by atoms with van der Waals surface area (Å²) < 4.78 is 26.4. The first-order chi connectivity index (χ1) is 8.57. The first-order valence-corrected chi connectivity index (χ1v) is 7.89. The van der Waals surface area contributed by atoms with Gasteiger partial charge in [-0.2, -0.15) is 4.31 Å². The number of hydrogen-bond donors (Lipinski definition) is 1. The normalized spacial score (nSPS) is 24.4. The summed E-state index contributed by atoms with van der Waals surface area (Å²) in [6, 6.07) is 5.53. The summed E-state index contributed by atoms with van der Waals surface area (Å²) in [4.78, 5) is 0.428. The molecule has 0 radical (unpaired) electrons. The number of nitrogens with two attached hydrogens (primary N) is 1.